The second-order valence-electron chi connectivity index (χ2n) is 17.0. The largest absolute Gasteiger partial charge is 0.349 e. The number of piperidine rings is 2. The second kappa shape index (κ2) is 12.5. The summed E-state index contributed by atoms with van der Waals surface area (Å²) in [6, 6.07) is 0.538. The number of nitrogens with one attached hydrogen (secondary N) is 3. The third-order valence-corrected chi connectivity index (χ3v) is 9.22. The van der Waals surface area contributed by atoms with E-state index in [9.17, 15) is 0 Å². The normalized spacial score (nSPS) is 24.1. The SMILES string of the molecule is CCCCCC(C)(C)Nc1nc2nc(n1)C2C(CC(CC)=NC1CC(C)(C)NC(C)(C)C1)=NC1CC(C)(C)NC(C)(C)C1. The Morgan fingerprint density at radius 3 is 1.72 bits per heavy atom. The molecule has 4 aliphatic heterocycles. The van der Waals surface area contributed by atoms with Gasteiger partial charge in [0.1, 0.15) is 5.92 Å². The lowest BCUT2D eigenvalue weighted by atomic mass is 9.79. The first-order valence-corrected chi connectivity index (χ1v) is 17.0. The average molecular weight is 595 g/mol. The van der Waals surface area contributed by atoms with Crippen LogP contribution in [0.5, 0.6) is 0 Å². The molecule has 1 aromatic rings. The van der Waals surface area contributed by atoms with Crippen molar-refractivity contribution < 1.29 is 0 Å². The molecule has 0 unspecified atom stereocenters. The van der Waals surface area contributed by atoms with Gasteiger partial charge < -0.3 is 16.0 Å². The lowest BCUT2D eigenvalue weighted by molar-refractivity contribution is 0.164. The lowest BCUT2D eigenvalue weighted by Gasteiger charge is -2.46. The maximum Gasteiger partial charge on any atom is 0.226 e. The van der Waals surface area contributed by atoms with Crippen molar-refractivity contribution >= 4 is 17.4 Å². The molecule has 8 heteroatoms. The molecule has 0 aliphatic carbocycles. The van der Waals surface area contributed by atoms with Crippen molar-refractivity contribution in [1.82, 2.24) is 25.6 Å². The molecule has 4 aliphatic rings. The zero-order valence-electron chi connectivity index (χ0n) is 29.5. The summed E-state index contributed by atoms with van der Waals surface area (Å²) < 4.78 is 0. The Bertz CT molecular complexity index is 1140. The third-order valence-electron chi connectivity index (χ3n) is 9.22. The van der Waals surface area contributed by atoms with Gasteiger partial charge in [0.15, 0.2) is 11.6 Å². The fourth-order valence-electron chi connectivity index (χ4n) is 8.16. The van der Waals surface area contributed by atoms with E-state index in [4.69, 9.17) is 24.9 Å². The molecule has 3 N–H and O–H groups in total. The summed E-state index contributed by atoms with van der Waals surface area (Å²) in [5.41, 5.74) is 2.50. The van der Waals surface area contributed by atoms with Crippen LogP contribution in [-0.2, 0) is 0 Å². The Morgan fingerprint density at radius 2 is 1.26 bits per heavy atom. The van der Waals surface area contributed by atoms with E-state index in [1.54, 1.807) is 0 Å². The summed E-state index contributed by atoms with van der Waals surface area (Å²) in [4.78, 5) is 25.6. The molecule has 0 amide bonds. The molecule has 0 saturated carbocycles. The van der Waals surface area contributed by atoms with Crippen LogP contribution in [0.25, 0.3) is 0 Å². The molecule has 8 nitrogen and oxygen atoms in total. The van der Waals surface area contributed by atoms with Gasteiger partial charge in [0.25, 0.3) is 0 Å². The number of anilines is 1. The number of nitrogens with zero attached hydrogens (tertiary/aromatic N) is 5. The highest BCUT2D eigenvalue weighted by molar-refractivity contribution is 6.08. The van der Waals surface area contributed by atoms with E-state index in [0.717, 1.165) is 62.3 Å². The summed E-state index contributed by atoms with van der Waals surface area (Å²) >= 11 is 0. The predicted octanol–water partition coefficient (Wildman–Crippen LogP) is 7.39. The van der Waals surface area contributed by atoms with Crippen LogP contribution in [0.15, 0.2) is 9.98 Å². The van der Waals surface area contributed by atoms with E-state index >= 15 is 0 Å². The fraction of sp³-hybridized carbons (Fsp3) is 0.857. The van der Waals surface area contributed by atoms with Gasteiger partial charge in [0.05, 0.1) is 12.1 Å². The highest BCUT2D eigenvalue weighted by Crippen LogP contribution is 2.37. The van der Waals surface area contributed by atoms with Gasteiger partial charge in [-0.1, -0.05) is 33.1 Å². The van der Waals surface area contributed by atoms with Crippen molar-refractivity contribution in [3.8, 4) is 0 Å². The monoisotopic (exact) mass is 595 g/mol. The first-order valence-electron chi connectivity index (χ1n) is 17.0. The average Bonchev–Trinajstić information content (AvgIpc) is 2.79. The van der Waals surface area contributed by atoms with Crippen LogP contribution in [0.1, 0.15) is 165 Å². The smallest absolute Gasteiger partial charge is 0.226 e. The van der Waals surface area contributed by atoms with Gasteiger partial charge in [-0.25, -0.2) is 4.98 Å². The van der Waals surface area contributed by atoms with Crippen LogP contribution in [0.2, 0.25) is 0 Å². The van der Waals surface area contributed by atoms with Gasteiger partial charge in [-0.15, -0.1) is 0 Å². The van der Waals surface area contributed by atoms with Crippen LogP contribution in [0, 0.1) is 0 Å². The minimum absolute atomic E-state index is 0.0259. The van der Waals surface area contributed by atoms with E-state index in [-0.39, 0.29) is 39.7 Å². The third kappa shape index (κ3) is 9.29. The highest BCUT2D eigenvalue weighted by Gasteiger charge is 2.42. The Hall–Kier alpha value is -1.93. The van der Waals surface area contributed by atoms with Gasteiger partial charge in [0, 0.05) is 45.5 Å². The molecule has 2 fully saturated rings. The highest BCUT2D eigenvalue weighted by atomic mass is 15.2. The van der Waals surface area contributed by atoms with E-state index in [2.05, 4.69) is 99.0 Å². The summed E-state index contributed by atoms with van der Waals surface area (Å²) in [6.45, 7) is 27.4. The summed E-state index contributed by atoms with van der Waals surface area (Å²) in [6.07, 6.45) is 10.5. The summed E-state index contributed by atoms with van der Waals surface area (Å²) in [7, 11) is 0. The standard InChI is InChI=1S/C35H62N8/c1-13-15-16-17-31(3,4)41-30-39-28-27(29(38-28)40-30)26(37-25-21-34(9,10)43-35(11,12)22-25)18-23(14-2)36-24-19-32(5,6)42-33(7,8)20-24/h24-25,27,42-43H,13-22H2,1-12H3,(H,38,39,40,41). The van der Waals surface area contributed by atoms with E-state index in [1.807, 2.05) is 0 Å². The Morgan fingerprint density at radius 1 is 0.767 bits per heavy atom. The lowest BCUT2D eigenvalue weighted by Crippen LogP contribution is -2.59. The molecule has 0 spiro atoms. The molecule has 5 heterocycles. The number of rotatable bonds is 12. The first-order chi connectivity index (χ1) is 19.8. The number of unbranched alkanes of at least 4 members (excludes halogenated alkanes) is 2. The Balaban J connectivity index is 1.61. The van der Waals surface area contributed by atoms with Crippen LogP contribution in [0.3, 0.4) is 0 Å². The van der Waals surface area contributed by atoms with Gasteiger partial charge in [0.2, 0.25) is 5.95 Å². The van der Waals surface area contributed by atoms with Gasteiger partial charge in [-0.05, 0) is 108 Å². The van der Waals surface area contributed by atoms with E-state index in [1.165, 1.54) is 25.0 Å². The molecular formula is C35H62N8. The van der Waals surface area contributed by atoms with E-state index in [0.29, 0.717) is 12.0 Å². The van der Waals surface area contributed by atoms with Crippen LogP contribution in [-0.4, -0.2) is 66.2 Å². The molecule has 2 bridgehead atoms. The van der Waals surface area contributed by atoms with Crippen LogP contribution >= 0.6 is 0 Å². The minimum atomic E-state index is -0.0560. The van der Waals surface area contributed by atoms with Crippen molar-refractivity contribution in [2.75, 3.05) is 5.32 Å². The zero-order valence-corrected chi connectivity index (χ0v) is 29.5. The Labute approximate surface area is 262 Å². The summed E-state index contributed by atoms with van der Waals surface area (Å²) in [5, 5.41) is 11.2. The number of fused-ring (bicyclic) bond motifs is 2. The van der Waals surface area contributed by atoms with E-state index < -0.39 is 0 Å². The molecular weight excluding hydrogens is 532 g/mol. The fourth-order valence-corrected chi connectivity index (χ4v) is 8.16. The molecule has 0 radical (unpaired) electrons. The minimum Gasteiger partial charge on any atom is -0.349 e. The molecule has 43 heavy (non-hydrogen) atoms. The van der Waals surface area contributed by atoms with Gasteiger partial charge in [-0.2, -0.15) is 9.97 Å². The maximum atomic E-state index is 5.55. The first kappa shape index (κ1) is 34.0. The molecule has 5 rings (SSSR count). The van der Waals surface area contributed by atoms with Crippen molar-refractivity contribution in [1.29, 1.82) is 0 Å². The maximum absolute atomic E-state index is 5.55. The zero-order chi connectivity index (χ0) is 31.8. The number of aromatic nitrogens is 3. The van der Waals surface area contributed by atoms with Crippen LogP contribution in [0.4, 0.5) is 5.95 Å². The number of hydrogen-bond donors (Lipinski definition) is 3. The predicted molar refractivity (Wildman–Crippen MR) is 182 cm³/mol. The number of hydrogen-bond acceptors (Lipinski definition) is 8. The van der Waals surface area contributed by atoms with Gasteiger partial charge in [-0.3, -0.25) is 9.98 Å². The van der Waals surface area contributed by atoms with Crippen molar-refractivity contribution in [2.45, 2.75) is 193 Å². The second-order valence-corrected chi connectivity index (χ2v) is 17.0. The molecule has 0 aromatic carbocycles. The van der Waals surface area contributed by atoms with Crippen molar-refractivity contribution in [3.05, 3.63) is 11.6 Å². The van der Waals surface area contributed by atoms with Crippen molar-refractivity contribution in [3.63, 3.8) is 0 Å². The molecule has 2 saturated heterocycles. The topological polar surface area (TPSA) is 99.5 Å². The molecule has 0 atom stereocenters. The summed E-state index contributed by atoms with van der Waals surface area (Å²) in [5.74, 6) is 2.36. The van der Waals surface area contributed by atoms with Crippen LogP contribution < -0.4 is 16.0 Å². The molecule has 1 aromatic heterocycles. The number of aliphatic imine (C=N–C) groups is 2. The van der Waals surface area contributed by atoms with Gasteiger partial charge >= 0.3 is 0 Å². The molecule has 242 valence electrons. The Kier molecular flexibility index (Phi) is 9.84. The van der Waals surface area contributed by atoms with Crippen molar-refractivity contribution in [2.24, 2.45) is 9.98 Å². The quantitative estimate of drug-likeness (QED) is 0.172.